The minimum absolute atomic E-state index is 0.387. The van der Waals surface area contributed by atoms with Crippen molar-refractivity contribution in [1.82, 2.24) is 19.9 Å². The average Bonchev–Trinajstić information content (AvgIpc) is 2.85. The van der Waals surface area contributed by atoms with E-state index in [0.717, 1.165) is 11.3 Å². The maximum atomic E-state index is 5.79. The number of nitrogens with zero attached hydrogens (tertiary/aromatic N) is 3. The van der Waals surface area contributed by atoms with Crippen molar-refractivity contribution >= 4 is 17.0 Å². The van der Waals surface area contributed by atoms with Crippen molar-refractivity contribution in [3.8, 4) is 17.1 Å². The quantitative estimate of drug-likeness (QED) is 0.747. The summed E-state index contributed by atoms with van der Waals surface area (Å²) in [6.07, 6.45) is 1.40. The molecule has 0 bridgehead atoms. The van der Waals surface area contributed by atoms with E-state index in [1.54, 1.807) is 0 Å². The number of H-pyrrole nitrogens is 1. The fourth-order valence-electron chi connectivity index (χ4n) is 1.92. The van der Waals surface area contributed by atoms with Gasteiger partial charge in [-0.3, -0.25) is 0 Å². The van der Waals surface area contributed by atoms with Crippen molar-refractivity contribution in [2.45, 2.75) is 6.92 Å². The van der Waals surface area contributed by atoms with Gasteiger partial charge in [-0.1, -0.05) is 12.1 Å². The molecule has 0 unspecified atom stereocenters. The van der Waals surface area contributed by atoms with Crippen molar-refractivity contribution in [2.24, 2.45) is 0 Å². The number of nitrogens with one attached hydrogen (secondary N) is 1. The first-order valence-corrected chi connectivity index (χ1v) is 5.98. The van der Waals surface area contributed by atoms with Gasteiger partial charge >= 0.3 is 0 Å². The van der Waals surface area contributed by atoms with Crippen LogP contribution in [0.15, 0.2) is 30.6 Å². The Labute approximate surface area is 109 Å². The van der Waals surface area contributed by atoms with Gasteiger partial charge in [0.15, 0.2) is 11.5 Å². The lowest BCUT2D eigenvalue weighted by atomic mass is 10.2. The number of aromatic amines is 1. The Bertz CT molecular complexity index is 722. The molecule has 6 nitrogen and oxygen atoms in total. The van der Waals surface area contributed by atoms with Crippen LogP contribution in [0.3, 0.4) is 0 Å². The molecule has 0 saturated heterocycles. The minimum Gasteiger partial charge on any atom is -0.493 e. The molecule has 3 aromatic rings. The van der Waals surface area contributed by atoms with Gasteiger partial charge in [-0.25, -0.2) is 15.0 Å². The van der Waals surface area contributed by atoms with Crippen LogP contribution in [-0.4, -0.2) is 26.5 Å². The number of nitrogens with two attached hydrogens (primary N) is 1. The molecule has 2 aromatic heterocycles. The van der Waals surface area contributed by atoms with Crippen LogP contribution in [0.2, 0.25) is 0 Å². The lowest BCUT2D eigenvalue weighted by Crippen LogP contribution is -1.94. The minimum atomic E-state index is 0.387. The van der Waals surface area contributed by atoms with Crippen LogP contribution in [0, 0.1) is 0 Å². The number of fused-ring (bicyclic) bond motifs is 1. The Kier molecular flexibility index (Phi) is 2.75. The first kappa shape index (κ1) is 11.5. The lowest BCUT2D eigenvalue weighted by Gasteiger charge is -2.07. The van der Waals surface area contributed by atoms with Gasteiger partial charge in [0.05, 0.1) is 12.2 Å². The van der Waals surface area contributed by atoms with Crippen LogP contribution >= 0.6 is 0 Å². The van der Waals surface area contributed by atoms with E-state index >= 15 is 0 Å². The van der Waals surface area contributed by atoms with E-state index < -0.39 is 0 Å². The van der Waals surface area contributed by atoms with Crippen LogP contribution in [0.25, 0.3) is 22.6 Å². The molecule has 0 spiro atoms. The summed E-state index contributed by atoms with van der Waals surface area (Å²) >= 11 is 0. The van der Waals surface area contributed by atoms with Crippen LogP contribution in [0.4, 0.5) is 5.82 Å². The topological polar surface area (TPSA) is 89.7 Å². The molecular weight excluding hydrogens is 242 g/mol. The van der Waals surface area contributed by atoms with Crippen LogP contribution < -0.4 is 10.5 Å². The van der Waals surface area contributed by atoms with Gasteiger partial charge in [-0.15, -0.1) is 0 Å². The number of ether oxygens (including phenoxy) is 1. The number of hydrogen-bond acceptors (Lipinski definition) is 5. The number of aromatic nitrogens is 4. The normalized spacial score (nSPS) is 10.8. The number of anilines is 1. The average molecular weight is 255 g/mol. The van der Waals surface area contributed by atoms with Crippen molar-refractivity contribution < 1.29 is 4.74 Å². The highest BCUT2D eigenvalue weighted by atomic mass is 16.5. The largest absolute Gasteiger partial charge is 0.493 e. The predicted molar refractivity (Wildman–Crippen MR) is 72.7 cm³/mol. The summed E-state index contributed by atoms with van der Waals surface area (Å²) < 4.78 is 5.59. The van der Waals surface area contributed by atoms with Gasteiger partial charge in [-0.2, -0.15) is 0 Å². The molecule has 3 N–H and O–H groups in total. The summed E-state index contributed by atoms with van der Waals surface area (Å²) in [5.41, 5.74) is 7.86. The van der Waals surface area contributed by atoms with Crippen molar-refractivity contribution in [1.29, 1.82) is 0 Å². The molecule has 0 aliphatic carbocycles. The molecule has 19 heavy (non-hydrogen) atoms. The summed E-state index contributed by atoms with van der Waals surface area (Å²) in [7, 11) is 0. The second-order valence-electron chi connectivity index (χ2n) is 3.97. The standard InChI is InChI=1S/C13H13N5O/c1-2-19-9-6-4-3-5-8(9)12-17-10-11(14)15-7-16-13(10)18-12/h3-7H,2H2,1H3,(H3,14,15,16,17,18). The van der Waals surface area contributed by atoms with Crippen molar-refractivity contribution in [2.75, 3.05) is 12.3 Å². The van der Waals surface area contributed by atoms with Crippen LogP contribution in [-0.2, 0) is 0 Å². The zero-order valence-corrected chi connectivity index (χ0v) is 10.4. The van der Waals surface area contributed by atoms with Gasteiger partial charge in [0.2, 0.25) is 0 Å². The third-order valence-electron chi connectivity index (χ3n) is 2.76. The lowest BCUT2D eigenvalue weighted by molar-refractivity contribution is 0.341. The molecule has 2 heterocycles. The molecule has 0 aliphatic rings. The van der Waals surface area contributed by atoms with Gasteiger partial charge in [-0.05, 0) is 19.1 Å². The van der Waals surface area contributed by atoms with E-state index in [1.807, 2.05) is 31.2 Å². The smallest absolute Gasteiger partial charge is 0.183 e. The van der Waals surface area contributed by atoms with Gasteiger partial charge < -0.3 is 15.5 Å². The summed E-state index contributed by atoms with van der Waals surface area (Å²) in [6, 6.07) is 7.69. The third kappa shape index (κ3) is 1.97. The summed E-state index contributed by atoms with van der Waals surface area (Å²) in [5, 5.41) is 0. The molecule has 6 heteroatoms. The highest BCUT2D eigenvalue weighted by Crippen LogP contribution is 2.29. The van der Waals surface area contributed by atoms with E-state index in [9.17, 15) is 0 Å². The van der Waals surface area contributed by atoms with E-state index in [4.69, 9.17) is 10.5 Å². The highest BCUT2D eigenvalue weighted by Gasteiger charge is 2.12. The predicted octanol–water partition coefficient (Wildman–Crippen LogP) is 2.00. The number of para-hydroxylation sites is 1. The molecule has 0 amide bonds. The molecule has 0 fully saturated rings. The molecule has 0 atom stereocenters. The fraction of sp³-hybridized carbons (Fsp3) is 0.154. The van der Waals surface area contributed by atoms with Crippen molar-refractivity contribution in [3.63, 3.8) is 0 Å². The SMILES string of the molecule is CCOc1ccccc1-c1nc2ncnc(N)c2[nH]1. The summed E-state index contributed by atoms with van der Waals surface area (Å²) in [4.78, 5) is 15.6. The van der Waals surface area contributed by atoms with E-state index in [2.05, 4.69) is 19.9 Å². The molecule has 0 radical (unpaired) electrons. The van der Waals surface area contributed by atoms with E-state index in [-0.39, 0.29) is 0 Å². The number of imidazole rings is 1. The van der Waals surface area contributed by atoms with Gasteiger partial charge in [0.25, 0.3) is 0 Å². The molecule has 1 aromatic carbocycles. The summed E-state index contributed by atoms with van der Waals surface area (Å²) in [6.45, 7) is 2.54. The van der Waals surface area contributed by atoms with E-state index in [1.165, 1.54) is 6.33 Å². The van der Waals surface area contributed by atoms with Crippen LogP contribution in [0.1, 0.15) is 6.92 Å². The Morgan fingerprint density at radius 1 is 1.26 bits per heavy atom. The first-order chi connectivity index (χ1) is 9.29. The Morgan fingerprint density at radius 3 is 2.89 bits per heavy atom. The molecule has 3 rings (SSSR count). The molecule has 96 valence electrons. The Morgan fingerprint density at radius 2 is 2.11 bits per heavy atom. The fourth-order valence-corrected chi connectivity index (χ4v) is 1.92. The highest BCUT2D eigenvalue weighted by molar-refractivity contribution is 5.84. The monoisotopic (exact) mass is 255 g/mol. The summed E-state index contributed by atoms with van der Waals surface area (Å²) in [5.74, 6) is 1.83. The first-order valence-electron chi connectivity index (χ1n) is 5.98. The molecule has 0 saturated carbocycles. The molecule has 0 aliphatic heterocycles. The van der Waals surface area contributed by atoms with Crippen molar-refractivity contribution in [3.05, 3.63) is 30.6 Å². The van der Waals surface area contributed by atoms with Gasteiger partial charge in [0, 0.05) is 0 Å². The van der Waals surface area contributed by atoms with Crippen LogP contribution in [0.5, 0.6) is 5.75 Å². The number of nitrogen functional groups attached to an aromatic ring is 1. The Balaban J connectivity index is 2.17. The number of rotatable bonds is 3. The second-order valence-corrected chi connectivity index (χ2v) is 3.97. The van der Waals surface area contributed by atoms with E-state index in [0.29, 0.717) is 29.4 Å². The zero-order valence-electron chi connectivity index (χ0n) is 10.4. The number of benzene rings is 1. The van der Waals surface area contributed by atoms with Gasteiger partial charge in [0.1, 0.15) is 23.4 Å². The Hall–Kier alpha value is -2.63. The second kappa shape index (κ2) is 4.56. The third-order valence-corrected chi connectivity index (χ3v) is 2.76. The number of hydrogen-bond donors (Lipinski definition) is 2. The zero-order chi connectivity index (χ0) is 13.2. The maximum Gasteiger partial charge on any atom is 0.183 e. The molecular formula is C13H13N5O. The maximum absolute atomic E-state index is 5.79.